The van der Waals surface area contributed by atoms with E-state index >= 15 is 0 Å². The molecule has 142 valence electrons. The molecule has 0 spiro atoms. The number of amides is 1. The molecular weight excluding hydrogens is 352 g/mol. The van der Waals surface area contributed by atoms with E-state index in [1.807, 2.05) is 0 Å². The highest BCUT2D eigenvalue weighted by atomic mass is 16.6. The monoisotopic (exact) mass is 372 g/mol. The molecular formula is C19H20N2O6. The van der Waals surface area contributed by atoms with Crippen LogP contribution in [-0.4, -0.2) is 41.4 Å². The van der Waals surface area contributed by atoms with Gasteiger partial charge in [0.05, 0.1) is 4.92 Å². The number of nitro benzene ring substituents is 1. The highest BCUT2D eigenvalue weighted by molar-refractivity contribution is 5.89. The molecule has 8 heteroatoms. The number of esters is 1. The molecule has 2 heterocycles. The Balaban J connectivity index is 1.58. The molecule has 1 aliphatic heterocycles. The van der Waals surface area contributed by atoms with Gasteiger partial charge in [0.25, 0.3) is 11.6 Å². The zero-order valence-corrected chi connectivity index (χ0v) is 14.9. The number of nitrogens with zero attached hydrogens (tertiary/aromatic N) is 2. The van der Waals surface area contributed by atoms with Gasteiger partial charge in [0.1, 0.15) is 5.76 Å². The molecule has 1 aliphatic rings. The normalized spacial score (nSPS) is 16.8. The molecule has 8 nitrogen and oxygen atoms in total. The zero-order chi connectivity index (χ0) is 19.4. The number of non-ortho nitro benzene ring substituents is 1. The van der Waals surface area contributed by atoms with Crippen LogP contribution in [0.25, 0.3) is 11.3 Å². The molecule has 3 rings (SSSR count). The van der Waals surface area contributed by atoms with Crippen molar-refractivity contribution >= 4 is 17.6 Å². The summed E-state index contributed by atoms with van der Waals surface area (Å²) in [6.45, 7) is 3.14. The Labute approximate surface area is 155 Å². The van der Waals surface area contributed by atoms with Gasteiger partial charge in [0, 0.05) is 30.8 Å². The topological polar surface area (TPSA) is 103 Å². The largest absolute Gasteiger partial charge is 0.450 e. The summed E-state index contributed by atoms with van der Waals surface area (Å²) in [6, 6.07) is 8.81. The predicted octanol–water partition coefficient (Wildman–Crippen LogP) is 3.27. The fourth-order valence-corrected chi connectivity index (χ4v) is 3.06. The number of hydrogen-bond donors (Lipinski definition) is 0. The molecule has 1 atom stereocenters. The maximum Gasteiger partial charge on any atom is 0.374 e. The van der Waals surface area contributed by atoms with E-state index in [2.05, 4.69) is 6.92 Å². The van der Waals surface area contributed by atoms with E-state index in [-0.39, 0.29) is 24.0 Å². The van der Waals surface area contributed by atoms with E-state index in [0.29, 0.717) is 30.3 Å². The first-order chi connectivity index (χ1) is 12.9. The van der Waals surface area contributed by atoms with Gasteiger partial charge in [-0.25, -0.2) is 4.79 Å². The van der Waals surface area contributed by atoms with Gasteiger partial charge in [-0.15, -0.1) is 0 Å². The van der Waals surface area contributed by atoms with Crippen LogP contribution in [0.1, 0.15) is 30.3 Å². The van der Waals surface area contributed by atoms with Crippen LogP contribution in [-0.2, 0) is 9.53 Å². The minimum absolute atomic E-state index is 0.0248. The van der Waals surface area contributed by atoms with Crippen LogP contribution >= 0.6 is 0 Å². The summed E-state index contributed by atoms with van der Waals surface area (Å²) in [4.78, 5) is 36.2. The third-order valence-electron chi connectivity index (χ3n) is 4.51. The first kappa shape index (κ1) is 18.6. The molecule has 1 unspecified atom stereocenters. The molecule has 1 saturated heterocycles. The van der Waals surface area contributed by atoms with Gasteiger partial charge in [0.2, 0.25) is 5.76 Å². The van der Waals surface area contributed by atoms with Crippen molar-refractivity contribution in [1.82, 2.24) is 4.90 Å². The summed E-state index contributed by atoms with van der Waals surface area (Å²) < 4.78 is 10.5. The van der Waals surface area contributed by atoms with Gasteiger partial charge in [-0.05, 0) is 43.0 Å². The molecule has 0 N–H and O–H groups in total. The quantitative estimate of drug-likeness (QED) is 0.453. The number of hydrogen-bond acceptors (Lipinski definition) is 6. The van der Waals surface area contributed by atoms with Gasteiger partial charge in [-0.2, -0.15) is 0 Å². The predicted molar refractivity (Wildman–Crippen MR) is 96.1 cm³/mol. The molecule has 2 aromatic rings. The van der Waals surface area contributed by atoms with Gasteiger partial charge in [0.15, 0.2) is 6.61 Å². The van der Waals surface area contributed by atoms with Gasteiger partial charge >= 0.3 is 5.97 Å². The maximum absolute atomic E-state index is 12.2. The van der Waals surface area contributed by atoms with E-state index in [4.69, 9.17) is 9.15 Å². The lowest BCUT2D eigenvalue weighted by Gasteiger charge is -2.30. The van der Waals surface area contributed by atoms with Crippen LogP contribution < -0.4 is 0 Å². The number of ether oxygens (including phenoxy) is 1. The van der Waals surface area contributed by atoms with Crippen LogP contribution in [0, 0.1) is 16.0 Å². The summed E-state index contributed by atoms with van der Waals surface area (Å²) in [7, 11) is 0. The van der Waals surface area contributed by atoms with E-state index in [1.165, 1.54) is 30.3 Å². The van der Waals surface area contributed by atoms with Crippen LogP contribution in [0.2, 0.25) is 0 Å². The molecule has 1 aromatic carbocycles. The van der Waals surface area contributed by atoms with E-state index < -0.39 is 10.9 Å². The second-order valence-electron chi connectivity index (χ2n) is 6.63. The first-order valence-electron chi connectivity index (χ1n) is 8.73. The van der Waals surface area contributed by atoms with Crippen LogP contribution in [0.15, 0.2) is 40.8 Å². The standard InChI is InChI=1S/C19H20N2O6/c1-13-3-2-10-20(11-13)18(22)12-26-19(23)17-9-8-16(27-17)14-4-6-15(7-5-14)21(24)25/h4-9,13H,2-3,10-12H2,1H3. The first-order valence-corrected chi connectivity index (χ1v) is 8.73. The molecule has 27 heavy (non-hydrogen) atoms. The third-order valence-corrected chi connectivity index (χ3v) is 4.51. The molecule has 1 amide bonds. The van der Waals surface area contributed by atoms with Gasteiger partial charge in [-0.3, -0.25) is 14.9 Å². The average Bonchev–Trinajstić information content (AvgIpc) is 3.16. The number of furan rings is 1. The third kappa shape index (κ3) is 4.52. The van der Waals surface area contributed by atoms with Crippen LogP contribution in [0.5, 0.6) is 0 Å². The van der Waals surface area contributed by atoms with E-state index in [9.17, 15) is 19.7 Å². The van der Waals surface area contributed by atoms with Crippen LogP contribution in [0.4, 0.5) is 5.69 Å². The van der Waals surface area contributed by atoms with Gasteiger partial charge < -0.3 is 14.1 Å². The van der Waals surface area contributed by atoms with Crippen molar-refractivity contribution in [2.24, 2.45) is 5.92 Å². The Hall–Kier alpha value is -3.16. The second-order valence-corrected chi connectivity index (χ2v) is 6.63. The van der Waals surface area contributed by atoms with Crippen molar-refractivity contribution in [3.8, 4) is 11.3 Å². The number of nitro groups is 1. The summed E-state index contributed by atoms with van der Waals surface area (Å²) in [5.74, 6) is -0.123. The minimum atomic E-state index is -0.721. The summed E-state index contributed by atoms with van der Waals surface area (Å²) in [5.41, 5.74) is 0.563. The summed E-state index contributed by atoms with van der Waals surface area (Å²) in [6.07, 6.45) is 2.05. The maximum atomic E-state index is 12.2. The molecule has 0 radical (unpaired) electrons. The smallest absolute Gasteiger partial charge is 0.374 e. The minimum Gasteiger partial charge on any atom is -0.450 e. The average molecular weight is 372 g/mol. The summed E-state index contributed by atoms with van der Waals surface area (Å²) >= 11 is 0. The molecule has 0 saturated carbocycles. The zero-order valence-electron chi connectivity index (χ0n) is 14.9. The molecule has 1 fully saturated rings. The van der Waals surface area contributed by atoms with E-state index in [1.54, 1.807) is 11.0 Å². The SMILES string of the molecule is CC1CCCN(C(=O)COC(=O)c2ccc(-c3ccc([N+](=O)[O-])cc3)o2)C1. The number of carbonyl (C=O) groups is 2. The Kier molecular flexibility index (Phi) is 5.54. The van der Waals surface area contributed by atoms with Crippen molar-refractivity contribution in [3.05, 3.63) is 52.3 Å². The fraction of sp³-hybridized carbons (Fsp3) is 0.368. The number of likely N-dealkylation sites (tertiary alicyclic amines) is 1. The van der Waals surface area contributed by atoms with Crippen LogP contribution in [0.3, 0.4) is 0 Å². The summed E-state index contributed by atoms with van der Waals surface area (Å²) in [5, 5.41) is 10.7. The molecule has 1 aromatic heterocycles. The number of piperidine rings is 1. The number of rotatable bonds is 5. The van der Waals surface area contributed by atoms with Gasteiger partial charge in [-0.1, -0.05) is 6.92 Å². The number of carbonyl (C=O) groups excluding carboxylic acids is 2. The molecule has 0 aliphatic carbocycles. The Morgan fingerprint density at radius 3 is 2.67 bits per heavy atom. The van der Waals surface area contributed by atoms with Crippen molar-refractivity contribution in [2.75, 3.05) is 19.7 Å². The lowest BCUT2D eigenvalue weighted by atomic mass is 10.0. The lowest BCUT2D eigenvalue weighted by molar-refractivity contribution is -0.384. The Morgan fingerprint density at radius 2 is 2.00 bits per heavy atom. The highest BCUT2D eigenvalue weighted by Gasteiger charge is 2.23. The molecule has 0 bridgehead atoms. The fourth-order valence-electron chi connectivity index (χ4n) is 3.06. The van der Waals surface area contributed by atoms with E-state index in [0.717, 1.165) is 12.8 Å². The highest BCUT2D eigenvalue weighted by Crippen LogP contribution is 2.25. The van der Waals surface area contributed by atoms with Crippen molar-refractivity contribution in [3.63, 3.8) is 0 Å². The number of benzene rings is 1. The van der Waals surface area contributed by atoms with Crippen molar-refractivity contribution < 1.29 is 23.7 Å². The second kappa shape index (κ2) is 8.03. The Bertz CT molecular complexity index is 842. The van der Waals surface area contributed by atoms with Crippen molar-refractivity contribution in [2.45, 2.75) is 19.8 Å². The Morgan fingerprint density at radius 1 is 1.26 bits per heavy atom. The lowest BCUT2D eigenvalue weighted by Crippen LogP contribution is -2.41. The van der Waals surface area contributed by atoms with Crippen molar-refractivity contribution in [1.29, 1.82) is 0 Å².